The molecule has 0 radical (unpaired) electrons. The molecule has 0 spiro atoms. The van der Waals surface area contributed by atoms with Crippen LogP contribution < -0.4 is 5.56 Å². The number of carbonyl (C=O) groups is 1. The highest BCUT2D eigenvalue weighted by atomic mass is 35.5. The Morgan fingerprint density at radius 3 is 2.62 bits per heavy atom. The maximum absolute atomic E-state index is 12.6. The largest absolute Gasteiger partial charge is 0.341 e. The first-order valence-electron chi connectivity index (χ1n) is 8.16. The summed E-state index contributed by atoms with van der Waals surface area (Å²) < 4.78 is 1.76. The lowest BCUT2D eigenvalue weighted by atomic mass is 10.2. The minimum atomic E-state index is -0.183. The van der Waals surface area contributed by atoms with Gasteiger partial charge in [0.1, 0.15) is 0 Å². The van der Waals surface area contributed by atoms with E-state index in [2.05, 4.69) is 4.98 Å². The number of hydrogen-bond donors (Lipinski definition) is 1. The Kier molecular flexibility index (Phi) is 5.54. The molecule has 7 heteroatoms. The Balaban J connectivity index is 1.71. The fourth-order valence-electron chi connectivity index (χ4n) is 2.75. The molecule has 0 bridgehead atoms. The number of hydrogen-bond acceptors (Lipinski definition) is 3. The molecule has 1 aromatic heterocycles. The number of nitrogens with zero attached hydrogens (tertiary/aromatic N) is 2. The van der Waals surface area contributed by atoms with Crippen molar-refractivity contribution in [3.63, 3.8) is 0 Å². The van der Waals surface area contributed by atoms with Gasteiger partial charge in [-0.15, -0.1) is 0 Å². The summed E-state index contributed by atoms with van der Waals surface area (Å²) in [6.07, 6.45) is 0.194. The first kappa shape index (κ1) is 18.4. The minimum absolute atomic E-state index is 0.0607. The molecule has 26 heavy (non-hydrogen) atoms. The predicted octanol–water partition coefficient (Wildman–Crippen LogP) is 3.76. The Hall–Kier alpha value is -2.44. The van der Waals surface area contributed by atoms with Crippen LogP contribution in [0.15, 0.2) is 53.3 Å². The molecule has 0 fully saturated rings. The third-order valence-corrected chi connectivity index (χ3v) is 4.77. The van der Waals surface area contributed by atoms with Gasteiger partial charge in [0, 0.05) is 31.6 Å². The van der Waals surface area contributed by atoms with Crippen LogP contribution in [0.2, 0.25) is 5.02 Å². The molecule has 0 atom stereocenters. The number of carbonyl (C=O) groups excluding carboxylic acids is 1. The third kappa shape index (κ3) is 4.03. The average molecular weight is 388 g/mol. The molecule has 0 saturated heterocycles. The lowest BCUT2D eigenvalue weighted by molar-refractivity contribution is -0.130. The number of aromatic nitrogens is 2. The predicted molar refractivity (Wildman–Crippen MR) is 106 cm³/mol. The lowest BCUT2D eigenvalue weighted by Crippen LogP contribution is -2.29. The van der Waals surface area contributed by atoms with Gasteiger partial charge in [0.25, 0.3) is 5.56 Å². The highest BCUT2D eigenvalue weighted by Gasteiger charge is 2.12. The van der Waals surface area contributed by atoms with Crippen LogP contribution in [-0.2, 0) is 17.9 Å². The molecule has 3 aromatic rings. The molecule has 0 aliphatic rings. The standard InChI is InChI=1S/C19H18ClN3O2S/c1-22(12-13-6-8-14(20)9-7-13)17(24)10-11-23-18(25)15-4-2-3-5-16(15)21-19(23)26/h2-9H,10-12H2,1H3,(H,21,26). The molecule has 1 heterocycles. The Morgan fingerprint density at radius 2 is 1.88 bits per heavy atom. The molecule has 3 rings (SSSR count). The monoisotopic (exact) mass is 387 g/mol. The molecule has 2 aromatic carbocycles. The van der Waals surface area contributed by atoms with Gasteiger partial charge in [0.05, 0.1) is 10.9 Å². The van der Waals surface area contributed by atoms with Crippen molar-refractivity contribution in [1.29, 1.82) is 0 Å². The summed E-state index contributed by atoms with van der Waals surface area (Å²) in [5.41, 5.74) is 1.51. The molecular weight excluding hydrogens is 370 g/mol. The van der Waals surface area contributed by atoms with Crippen molar-refractivity contribution in [2.45, 2.75) is 19.5 Å². The smallest absolute Gasteiger partial charge is 0.262 e. The molecule has 1 amide bonds. The molecule has 134 valence electrons. The average Bonchev–Trinajstić information content (AvgIpc) is 2.63. The van der Waals surface area contributed by atoms with Gasteiger partial charge < -0.3 is 9.88 Å². The molecule has 5 nitrogen and oxygen atoms in total. The number of nitrogens with one attached hydrogen (secondary N) is 1. The number of amides is 1. The number of halogens is 1. The maximum Gasteiger partial charge on any atom is 0.262 e. The van der Waals surface area contributed by atoms with E-state index in [0.29, 0.717) is 27.2 Å². The number of para-hydroxylation sites is 1. The SMILES string of the molecule is CN(Cc1ccc(Cl)cc1)C(=O)CCn1c(=S)[nH]c2ccccc2c1=O. The second kappa shape index (κ2) is 7.85. The maximum atomic E-state index is 12.6. The molecule has 0 saturated carbocycles. The highest BCUT2D eigenvalue weighted by Crippen LogP contribution is 2.12. The van der Waals surface area contributed by atoms with Crippen LogP contribution in [0, 0.1) is 4.77 Å². The Labute approximate surface area is 160 Å². The molecule has 0 aliphatic carbocycles. The summed E-state index contributed by atoms with van der Waals surface area (Å²) in [5, 5.41) is 1.22. The van der Waals surface area contributed by atoms with E-state index in [-0.39, 0.29) is 24.4 Å². The van der Waals surface area contributed by atoms with E-state index in [1.54, 1.807) is 36.2 Å². The quantitative estimate of drug-likeness (QED) is 0.678. The van der Waals surface area contributed by atoms with E-state index in [9.17, 15) is 9.59 Å². The topological polar surface area (TPSA) is 58.1 Å². The van der Waals surface area contributed by atoms with E-state index in [1.807, 2.05) is 24.3 Å². The fraction of sp³-hybridized carbons (Fsp3) is 0.211. The van der Waals surface area contributed by atoms with Crippen molar-refractivity contribution in [1.82, 2.24) is 14.5 Å². The van der Waals surface area contributed by atoms with Crippen molar-refractivity contribution < 1.29 is 4.79 Å². The lowest BCUT2D eigenvalue weighted by Gasteiger charge is -2.18. The van der Waals surface area contributed by atoms with Crippen molar-refractivity contribution in [2.75, 3.05) is 7.05 Å². The van der Waals surface area contributed by atoms with Crippen LogP contribution in [0.3, 0.4) is 0 Å². The molecule has 1 N–H and O–H groups in total. The Bertz CT molecular complexity index is 1060. The molecular formula is C19H18ClN3O2S. The number of fused-ring (bicyclic) bond motifs is 1. The summed E-state index contributed by atoms with van der Waals surface area (Å²) in [6, 6.07) is 14.6. The normalized spacial score (nSPS) is 10.8. The summed E-state index contributed by atoms with van der Waals surface area (Å²) in [6.45, 7) is 0.721. The number of rotatable bonds is 5. The number of aromatic amines is 1. The van der Waals surface area contributed by atoms with Gasteiger partial charge in [-0.1, -0.05) is 35.9 Å². The van der Waals surface area contributed by atoms with Gasteiger partial charge in [0.2, 0.25) is 5.91 Å². The van der Waals surface area contributed by atoms with Gasteiger partial charge in [-0.3, -0.25) is 14.2 Å². The van der Waals surface area contributed by atoms with Crippen molar-refractivity contribution in [3.05, 3.63) is 74.2 Å². The third-order valence-electron chi connectivity index (χ3n) is 4.20. The zero-order chi connectivity index (χ0) is 18.7. The zero-order valence-corrected chi connectivity index (χ0v) is 15.8. The van der Waals surface area contributed by atoms with Crippen LogP contribution in [0.25, 0.3) is 10.9 Å². The first-order chi connectivity index (χ1) is 12.5. The summed E-state index contributed by atoms with van der Waals surface area (Å²) >= 11 is 11.1. The van der Waals surface area contributed by atoms with Crippen molar-refractivity contribution in [2.24, 2.45) is 0 Å². The van der Waals surface area contributed by atoms with Gasteiger partial charge in [-0.25, -0.2) is 0 Å². The van der Waals surface area contributed by atoms with Crippen molar-refractivity contribution >= 4 is 40.6 Å². The fourth-order valence-corrected chi connectivity index (χ4v) is 3.16. The van der Waals surface area contributed by atoms with E-state index in [4.69, 9.17) is 23.8 Å². The van der Waals surface area contributed by atoms with Crippen LogP contribution >= 0.6 is 23.8 Å². The first-order valence-corrected chi connectivity index (χ1v) is 8.94. The highest BCUT2D eigenvalue weighted by molar-refractivity contribution is 7.71. The van der Waals surface area contributed by atoms with E-state index < -0.39 is 0 Å². The van der Waals surface area contributed by atoms with Gasteiger partial charge in [0.15, 0.2) is 4.77 Å². The second-order valence-corrected chi connectivity index (χ2v) is 6.88. The van der Waals surface area contributed by atoms with Crippen LogP contribution in [-0.4, -0.2) is 27.4 Å². The van der Waals surface area contributed by atoms with Crippen molar-refractivity contribution in [3.8, 4) is 0 Å². The summed E-state index contributed by atoms with van der Waals surface area (Å²) in [4.78, 5) is 29.7. The van der Waals surface area contributed by atoms with Gasteiger partial charge in [-0.2, -0.15) is 0 Å². The van der Waals surface area contributed by atoms with Crippen LogP contribution in [0.5, 0.6) is 0 Å². The van der Waals surface area contributed by atoms with Gasteiger partial charge >= 0.3 is 0 Å². The minimum Gasteiger partial charge on any atom is -0.341 e. The van der Waals surface area contributed by atoms with Crippen LogP contribution in [0.1, 0.15) is 12.0 Å². The summed E-state index contributed by atoms with van der Waals surface area (Å²) in [5.74, 6) is -0.0607. The van der Waals surface area contributed by atoms with Gasteiger partial charge in [-0.05, 0) is 42.0 Å². The summed E-state index contributed by atoms with van der Waals surface area (Å²) in [7, 11) is 1.74. The Morgan fingerprint density at radius 1 is 1.19 bits per heavy atom. The molecule has 0 aliphatic heterocycles. The second-order valence-electron chi connectivity index (χ2n) is 6.06. The zero-order valence-electron chi connectivity index (χ0n) is 14.2. The molecule has 0 unspecified atom stereocenters. The van der Waals surface area contributed by atoms with E-state index in [0.717, 1.165) is 5.56 Å². The van der Waals surface area contributed by atoms with Crippen LogP contribution in [0.4, 0.5) is 0 Å². The van der Waals surface area contributed by atoms with E-state index >= 15 is 0 Å². The number of benzene rings is 2. The van der Waals surface area contributed by atoms with E-state index in [1.165, 1.54) is 4.57 Å². The number of H-pyrrole nitrogens is 1.